The quantitative estimate of drug-likeness (QED) is 0.767. The molecule has 1 atom stereocenters. The van der Waals surface area contributed by atoms with Crippen LogP contribution in [0.4, 0.5) is 11.6 Å². The van der Waals surface area contributed by atoms with Gasteiger partial charge in [0.1, 0.15) is 6.04 Å². The predicted molar refractivity (Wildman–Crippen MR) is 91.7 cm³/mol. The Balaban J connectivity index is 1.75. The van der Waals surface area contributed by atoms with Gasteiger partial charge in [0.25, 0.3) is 5.91 Å². The van der Waals surface area contributed by atoms with Gasteiger partial charge in [-0.25, -0.2) is 0 Å². The van der Waals surface area contributed by atoms with Crippen molar-refractivity contribution >= 4 is 28.9 Å². The Morgan fingerprint density at radius 1 is 1.29 bits per heavy atom. The second kappa shape index (κ2) is 5.89. The molecule has 0 saturated carbocycles. The highest BCUT2D eigenvalue weighted by Crippen LogP contribution is 2.35. The number of rotatable bonds is 3. The number of hydrogen-bond acceptors (Lipinski definition) is 6. The van der Waals surface area contributed by atoms with Gasteiger partial charge < -0.3 is 10.6 Å². The van der Waals surface area contributed by atoms with Crippen LogP contribution in [-0.4, -0.2) is 26.1 Å². The molecule has 8 heteroatoms. The van der Waals surface area contributed by atoms with E-state index in [-0.39, 0.29) is 11.9 Å². The van der Waals surface area contributed by atoms with Crippen molar-refractivity contribution in [1.82, 2.24) is 20.2 Å². The molecule has 1 aliphatic rings. The van der Waals surface area contributed by atoms with E-state index >= 15 is 0 Å². The first-order valence-corrected chi connectivity index (χ1v) is 8.32. The molecule has 3 aromatic rings. The van der Waals surface area contributed by atoms with E-state index in [9.17, 15) is 4.79 Å². The first-order valence-electron chi connectivity index (χ1n) is 7.38. The number of anilines is 2. The van der Waals surface area contributed by atoms with Gasteiger partial charge in [-0.05, 0) is 51.9 Å². The number of para-hydroxylation sites is 1. The van der Waals surface area contributed by atoms with Gasteiger partial charge in [-0.15, -0.1) is 0 Å². The van der Waals surface area contributed by atoms with Crippen molar-refractivity contribution in [3.63, 3.8) is 0 Å². The molecule has 0 aliphatic carbocycles. The van der Waals surface area contributed by atoms with Crippen molar-refractivity contribution in [3.8, 4) is 0 Å². The maximum atomic E-state index is 12.9. The maximum absolute atomic E-state index is 12.9. The SMILES string of the molecule is CC1=C(C(=O)Nc2ccccc2)[C@H](c2ccsc2)n2nnnc2N1. The minimum atomic E-state index is -0.355. The van der Waals surface area contributed by atoms with Crippen molar-refractivity contribution in [2.75, 3.05) is 10.6 Å². The van der Waals surface area contributed by atoms with Crippen LogP contribution in [0.2, 0.25) is 0 Å². The maximum Gasteiger partial charge on any atom is 0.255 e. The van der Waals surface area contributed by atoms with E-state index in [1.165, 1.54) is 0 Å². The summed E-state index contributed by atoms with van der Waals surface area (Å²) >= 11 is 1.57. The Bertz CT molecular complexity index is 900. The minimum absolute atomic E-state index is 0.177. The van der Waals surface area contributed by atoms with Crippen LogP contribution in [0.15, 0.2) is 58.4 Å². The molecule has 2 N–H and O–H groups in total. The van der Waals surface area contributed by atoms with E-state index in [1.807, 2.05) is 54.1 Å². The number of carbonyl (C=O) groups excluding carboxylic acids is 1. The number of allylic oxidation sites excluding steroid dienone is 1. The topological polar surface area (TPSA) is 84.7 Å². The number of hydrogen-bond donors (Lipinski definition) is 2. The third-order valence-corrected chi connectivity index (χ3v) is 4.55. The number of thiophene rings is 1. The fourth-order valence-electron chi connectivity index (χ4n) is 2.77. The van der Waals surface area contributed by atoms with E-state index in [1.54, 1.807) is 16.0 Å². The summed E-state index contributed by atoms with van der Waals surface area (Å²) in [5, 5.41) is 21.8. The Hall–Kier alpha value is -3.00. The second-order valence-electron chi connectivity index (χ2n) is 5.39. The van der Waals surface area contributed by atoms with Crippen LogP contribution in [0.5, 0.6) is 0 Å². The summed E-state index contributed by atoms with van der Waals surface area (Å²) in [6.07, 6.45) is 0. The largest absolute Gasteiger partial charge is 0.326 e. The fourth-order valence-corrected chi connectivity index (χ4v) is 3.44. The van der Waals surface area contributed by atoms with Crippen LogP contribution in [-0.2, 0) is 4.79 Å². The predicted octanol–water partition coefficient (Wildman–Crippen LogP) is 2.66. The lowest BCUT2D eigenvalue weighted by molar-refractivity contribution is -0.113. The molecule has 1 aliphatic heterocycles. The molecule has 24 heavy (non-hydrogen) atoms. The molecular weight excluding hydrogens is 324 g/mol. The summed E-state index contributed by atoms with van der Waals surface area (Å²) in [5.74, 6) is 0.350. The Morgan fingerprint density at radius 2 is 2.12 bits per heavy atom. The Morgan fingerprint density at radius 3 is 2.88 bits per heavy atom. The van der Waals surface area contributed by atoms with Gasteiger partial charge in [0.15, 0.2) is 0 Å². The molecule has 0 fully saturated rings. The lowest BCUT2D eigenvalue weighted by Crippen LogP contribution is -2.31. The molecule has 120 valence electrons. The van der Waals surface area contributed by atoms with Crippen molar-refractivity contribution in [2.45, 2.75) is 13.0 Å². The average molecular weight is 338 g/mol. The van der Waals surface area contributed by atoms with Gasteiger partial charge in [-0.3, -0.25) is 4.79 Å². The standard InChI is InChI=1S/C16H14N6OS/c1-10-13(15(23)18-12-5-3-2-4-6-12)14(11-7-8-24-9-11)22-16(17-10)19-20-21-22/h2-9,14H,1H3,(H,18,23)(H,17,19,21)/t14-/m0/s1. The van der Waals surface area contributed by atoms with Crippen LogP contribution in [0.3, 0.4) is 0 Å². The van der Waals surface area contributed by atoms with Gasteiger partial charge in [0.05, 0.1) is 5.57 Å². The summed E-state index contributed by atoms with van der Waals surface area (Å²) in [7, 11) is 0. The molecule has 1 amide bonds. The Labute approximate surface area is 142 Å². The van der Waals surface area contributed by atoms with Crippen molar-refractivity contribution in [3.05, 3.63) is 64.0 Å². The highest BCUT2D eigenvalue weighted by Gasteiger charge is 2.34. The number of amides is 1. The molecule has 0 bridgehead atoms. The summed E-state index contributed by atoms with van der Waals surface area (Å²) in [6.45, 7) is 1.86. The van der Waals surface area contributed by atoms with Crippen molar-refractivity contribution < 1.29 is 4.79 Å². The zero-order valence-corrected chi connectivity index (χ0v) is 13.6. The number of carbonyl (C=O) groups is 1. The number of fused-ring (bicyclic) bond motifs is 1. The van der Waals surface area contributed by atoms with Gasteiger partial charge in [-0.1, -0.05) is 23.3 Å². The normalized spacial score (nSPS) is 16.5. The molecule has 1 aromatic carbocycles. The number of nitrogens with one attached hydrogen (secondary N) is 2. The molecule has 0 radical (unpaired) electrons. The summed E-state index contributed by atoms with van der Waals surface area (Å²) in [4.78, 5) is 12.9. The fraction of sp³-hybridized carbons (Fsp3) is 0.125. The summed E-state index contributed by atoms with van der Waals surface area (Å²) in [5.41, 5.74) is 3.06. The highest BCUT2D eigenvalue weighted by atomic mass is 32.1. The molecule has 0 spiro atoms. The van der Waals surface area contributed by atoms with E-state index in [2.05, 4.69) is 26.2 Å². The molecule has 0 saturated heterocycles. The molecule has 2 aromatic heterocycles. The lowest BCUT2D eigenvalue weighted by Gasteiger charge is -2.27. The second-order valence-corrected chi connectivity index (χ2v) is 6.17. The molecule has 4 rings (SSSR count). The first-order chi connectivity index (χ1) is 11.7. The van der Waals surface area contributed by atoms with Gasteiger partial charge in [-0.2, -0.15) is 16.0 Å². The van der Waals surface area contributed by atoms with Crippen LogP contribution in [0, 0.1) is 0 Å². The third kappa shape index (κ3) is 2.46. The van der Waals surface area contributed by atoms with Crippen molar-refractivity contribution in [2.24, 2.45) is 0 Å². The number of tetrazole rings is 1. The number of nitrogens with zero attached hydrogens (tertiary/aromatic N) is 4. The minimum Gasteiger partial charge on any atom is -0.326 e. The monoisotopic (exact) mass is 338 g/mol. The average Bonchev–Trinajstić information content (AvgIpc) is 3.25. The number of aromatic nitrogens is 4. The smallest absolute Gasteiger partial charge is 0.255 e. The van der Waals surface area contributed by atoms with E-state index in [0.717, 1.165) is 16.9 Å². The van der Waals surface area contributed by atoms with Gasteiger partial charge in [0, 0.05) is 11.4 Å². The summed E-state index contributed by atoms with van der Waals surface area (Å²) in [6, 6.07) is 11.0. The molecule has 0 unspecified atom stereocenters. The van der Waals surface area contributed by atoms with Crippen LogP contribution in [0.25, 0.3) is 0 Å². The van der Waals surface area contributed by atoms with Gasteiger partial charge in [0.2, 0.25) is 5.95 Å². The molecule has 3 heterocycles. The third-order valence-electron chi connectivity index (χ3n) is 3.85. The summed E-state index contributed by atoms with van der Waals surface area (Å²) < 4.78 is 1.63. The molecule has 7 nitrogen and oxygen atoms in total. The van der Waals surface area contributed by atoms with Crippen LogP contribution < -0.4 is 10.6 Å². The van der Waals surface area contributed by atoms with E-state index in [0.29, 0.717) is 11.5 Å². The Kier molecular flexibility index (Phi) is 3.58. The first kappa shape index (κ1) is 14.6. The highest BCUT2D eigenvalue weighted by molar-refractivity contribution is 7.08. The zero-order chi connectivity index (χ0) is 16.5. The number of benzene rings is 1. The van der Waals surface area contributed by atoms with Gasteiger partial charge >= 0.3 is 0 Å². The van der Waals surface area contributed by atoms with Crippen molar-refractivity contribution in [1.29, 1.82) is 0 Å². The van der Waals surface area contributed by atoms with Crippen LogP contribution in [0.1, 0.15) is 18.5 Å². The van der Waals surface area contributed by atoms with E-state index < -0.39 is 0 Å². The zero-order valence-electron chi connectivity index (χ0n) is 12.8. The van der Waals surface area contributed by atoms with Crippen LogP contribution >= 0.6 is 11.3 Å². The van der Waals surface area contributed by atoms with E-state index in [4.69, 9.17) is 0 Å². The lowest BCUT2D eigenvalue weighted by atomic mass is 9.97. The molecular formula is C16H14N6OS.